The molecule has 224 valence electrons. The maximum absolute atomic E-state index is 15.1. The van der Waals surface area contributed by atoms with E-state index < -0.39 is 23.4 Å². The van der Waals surface area contributed by atoms with Gasteiger partial charge in [-0.25, -0.2) is 9.18 Å². The maximum Gasteiger partial charge on any atom is 0.410 e. The molecule has 3 aliphatic heterocycles. The molecule has 3 aromatic rings. The number of nitrogens with zero attached hydrogens (tertiary/aromatic N) is 7. The molecule has 1 fully saturated rings. The van der Waals surface area contributed by atoms with Crippen LogP contribution in [-0.2, 0) is 17.7 Å². The fourth-order valence-corrected chi connectivity index (χ4v) is 6.15. The van der Waals surface area contributed by atoms with E-state index in [1.165, 1.54) is 6.07 Å². The van der Waals surface area contributed by atoms with Gasteiger partial charge in [-0.3, -0.25) is 14.5 Å². The number of amides is 3. The number of carbonyl (C=O) groups excluding carboxylic acids is 3. The molecule has 12 heteroatoms. The van der Waals surface area contributed by atoms with Crippen molar-refractivity contribution in [3.8, 4) is 0 Å². The Morgan fingerprint density at radius 3 is 2.70 bits per heavy atom. The van der Waals surface area contributed by atoms with E-state index >= 15 is 4.39 Å². The molecule has 11 nitrogen and oxygen atoms in total. The first-order chi connectivity index (χ1) is 20.5. The van der Waals surface area contributed by atoms with E-state index in [4.69, 9.17) is 4.74 Å². The predicted octanol–water partition coefficient (Wildman–Crippen LogP) is 5.60. The van der Waals surface area contributed by atoms with Crippen LogP contribution in [0, 0.1) is 5.82 Å². The molecule has 4 heterocycles. The van der Waals surface area contributed by atoms with Crippen LogP contribution >= 0.6 is 0 Å². The maximum atomic E-state index is 15.1. The zero-order chi connectivity index (χ0) is 30.5. The molecule has 3 unspecified atom stereocenters. The summed E-state index contributed by atoms with van der Waals surface area (Å²) in [5, 5.41) is 16.8. The highest BCUT2D eigenvalue weighted by molar-refractivity contribution is 5.97. The van der Waals surface area contributed by atoms with Gasteiger partial charge in [0.15, 0.2) is 11.6 Å². The molecule has 1 saturated heterocycles. The molecule has 0 spiro atoms. The number of azo groups is 1. The lowest BCUT2D eigenvalue weighted by Crippen LogP contribution is -2.42. The molecule has 1 aromatic heterocycles. The third-order valence-electron chi connectivity index (χ3n) is 8.04. The number of hydrogen-bond donors (Lipinski definition) is 0. The van der Waals surface area contributed by atoms with E-state index in [-0.39, 0.29) is 36.2 Å². The van der Waals surface area contributed by atoms with Crippen LogP contribution in [0.4, 0.5) is 9.18 Å². The van der Waals surface area contributed by atoms with E-state index in [0.717, 1.165) is 18.4 Å². The summed E-state index contributed by atoms with van der Waals surface area (Å²) in [6, 6.07) is 10.8. The summed E-state index contributed by atoms with van der Waals surface area (Å²) in [6.07, 6.45) is 1.54. The normalized spacial score (nSPS) is 21.5. The minimum atomic E-state index is -0.617. The molecule has 0 radical (unpaired) electrons. The van der Waals surface area contributed by atoms with Crippen LogP contribution in [0.3, 0.4) is 0 Å². The first-order valence-corrected chi connectivity index (χ1v) is 14.6. The Morgan fingerprint density at radius 1 is 1.12 bits per heavy atom. The Balaban J connectivity index is 1.20. The van der Waals surface area contributed by atoms with E-state index in [9.17, 15) is 14.4 Å². The highest BCUT2D eigenvalue weighted by atomic mass is 19.1. The molecule has 43 heavy (non-hydrogen) atoms. The van der Waals surface area contributed by atoms with Crippen molar-refractivity contribution >= 4 is 17.9 Å². The molecular weight excluding hydrogens is 553 g/mol. The second-order valence-corrected chi connectivity index (χ2v) is 12.4. The fourth-order valence-electron chi connectivity index (χ4n) is 6.15. The van der Waals surface area contributed by atoms with Gasteiger partial charge < -0.3 is 14.2 Å². The Kier molecular flexibility index (Phi) is 7.31. The van der Waals surface area contributed by atoms with E-state index in [1.807, 2.05) is 44.4 Å². The Hall–Kier alpha value is -4.48. The van der Waals surface area contributed by atoms with Gasteiger partial charge in [0.05, 0.1) is 24.2 Å². The molecule has 3 atom stereocenters. The van der Waals surface area contributed by atoms with Crippen molar-refractivity contribution in [1.82, 2.24) is 24.6 Å². The molecule has 0 saturated carbocycles. The second kappa shape index (κ2) is 11.0. The van der Waals surface area contributed by atoms with Gasteiger partial charge in [-0.2, -0.15) is 5.11 Å². The van der Waals surface area contributed by atoms with Crippen LogP contribution in [0.25, 0.3) is 0 Å². The number of benzene rings is 2. The van der Waals surface area contributed by atoms with E-state index in [1.54, 1.807) is 34.1 Å². The first-order valence-electron chi connectivity index (χ1n) is 14.6. The number of ether oxygens (including phenoxy) is 1. The quantitative estimate of drug-likeness (QED) is 0.392. The van der Waals surface area contributed by atoms with Gasteiger partial charge in [0.25, 0.3) is 11.8 Å². The standard InChI is InChI=1S/C31H34FN7O4/c1-18-16-37(17-26-34-35-27(39(18)26)25-10-7-13-38(25)30(42)43-31(2,3)4)29(41)22-14-19(11-12-23(22)32)15-24-20-8-5-6-9-21(20)28(40)36-33-24/h5-6,8-9,11-12,14,18,24-25H,7,10,13,15-17H2,1-4H3. The monoisotopic (exact) mass is 587 g/mol. The van der Waals surface area contributed by atoms with Gasteiger partial charge >= 0.3 is 6.09 Å². The number of fused-ring (bicyclic) bond motifs is 2. The Morgan fingerprint density at radius 2 is 1.91 bits per heavy atom. The lowest BCUT2D eigenvalue weighted by Gasteiger charge is -2.34. The third-order valence-corrected chi connectivity index (χ3v) is 8.04. The molecular formula is C31H34FN7O4. The highest BCUT2D eigenvalue weighted by Gasteiger charge is 2.39. The topological polar surface area (TPSA) is 122 Å². The van der Waals surface area contributed by atoms with Crippen LogP contribution in [0.2, 0.25) is 0 Å². The number of hydrogen-bond acceptors (Lipinski definition) is 7. The molecule has 2 aromatic carbocycles. The molecule has 6 rings (SSSR count). The summed E-state index contributed by atoms with van der Waals surface area (Å²) >= 11 is 0. The first kappa shape index (κ1) is 28.6. The molecule has 3 amide bonds. The number of likely N-dealkylation sites (tertiary alicyclic amines) is 1. The van der Waals surface area contributed by atoms with Gasteiger partial charge in [0, 0.05) is 25.1 Å². The third kappa shape index (κ3) is 5.53. The van der Waals surface area contributed by atoms with Crippen molar-refractivity contribution in [1.29, 1.82) is 0 Å². The van der Waals surface area contributed by atoms with Crippen LogP contribution < -0.4 is 0 Å². The average Bonchev–Trinajstić information content (AvgIpc) is 3.62. The molecule has 0 aliphatic carbocycles. The van der Waals surface area contributed by atoms with Crippen molar-refractivity contribution in [3.05, 3.63) is 82.2 Å². The van der Waals surface area contributed by atoms with Gasteiger partial charge in [-0.1, -0.05) is 24.3 Å². The smallest absolute Gasteiger partial charge is 0.410 e. The van der Waals surface area contributed by atoms with E-state index in [0.29, 0.717) is 42.3 Å². The summed E-state index contributed by atoms with van der Waals surface area (Å²) in [6.45, 7) is 8.52. The largest absolute Gasteiger partial charge is 0.444 e. The number of halogens is 1. The molecule has 0 bridgehead atoms. The van der Waals surface area contributed by atoms with Gasteiger partial charge in [0.2, 0.25) is 0 Å². The minimum Gasteiger partial charge on any atom is -0.444 e. The van der Waals surface area contributed by atoms with Crippen molar-refractivity contribution in [2.45, 2.75) is 77.2 Å². The Bertz CT molecular complexity index is 1630. The lowest BCUT2D eigenvalue weighted by molar-refractivity contribution is 0.0213. The highest BCUT2D eigenvalue weighted by Crippen LogP contribution is 2.36. The van der Waals surface area contributed by atoms with Crippen molar-refractivity contribution < 1.29 is 23.5 Å². The average molecular weight is 588 g/mol. The van der Waals surface area contributed by atoms with Crippen LogP contribution in [0.5, 0.6) is 0 Å². The summed E-state index contributed by atoms with van der Waals surface area (Å²) in [5.41, 5.74) is 1.31. The van der Waals surface area contributed by atoms with Gasteiger partial charge in [-0.15, -0.1) is 15.3 Å². The minimum absolute atomic E-state index is 0.0399. The second-order valence-electron chi connectivity index (χ2n) is 12.4. The number of rotatable bonds is 4. The predicted molar refractivity (Wildman–Crippen MR) is 153 cm³/mol. The summed E-state index contributed by atoms with van der Waals surface area (Å²) < 4.78 is 22.7. The van der Waals surface area contributed by atoms with Crippen molar-refractivity contribution in [2.75, 3.05) is 13.1 Å². The SMILES string of the molecule is CC1CN(C(=O)c2cc(CC3N=NC(=O)c4ccccc43)ccc2F)Cc2nnc(C3CCCN3C(=O)OC(C)(C)C)n21. The van der Waals surface area contributed by atoms with Gasteiger partial charge in [0.1, 0.15) is 17.5 Å². The lowest BCUT2D eigenvalue weighted by atomic mass is 9.93. The van der Waals surface area contributed by atoms with Crippen LogP contribution in [0.1, 0.15) is 102 Å². The van der Waals surface area contributed by atoms with Crippen LogP contribution in [-0.4, -0.2) is 61.2 Å². The molecule has 0 N–H and O–H groups in total. The van der Waals surface area contributed by atoms with Gasteiger partial charge in [-0.05, 0) is 69.9 Å². The summed E-state index contributed by atoms with van der Waals surface area (Å²) in [4.78, 5) is 42.0. The zero-order valence-corrected chi connectivity index (χ0v) is 24.7. The summed E-state index contributed by atoms with van der Waals surface area (Å²) in [7, 11) is 0. The number of aromatic nitrogens is 3. The van der Waals surface area contributed by atoms with Crippen molar-refractivity contribution in [2.24, 2.45) is 10.2 Å². The van der Waals surface area contributed by atoms with E-state index in [2.05, 4.69) is 20.4 Å². The van der Waals surface area contributed by atoms with Crippen LogP contribution in [0.15, 0.2) is 52.7 Å². The number of carbonyl (C=O) groups is 3. The zero-order valence-electron chi connectivity index (χ0n) is 24.7. The Labute approximate surface area is 248 Å². The fraction of sp³-hybridized carbons (Fsp3) is 0.452. The summed E-state index contributed by atoms with van der Waals surface area (Å²) in [5.74, 6) is -0.194. The van der Waals surface area contributed by atoms with Crippen molar-refractivity contribution in [3.63, 3.8) is 0 Å². The molecule has 3 aliphatic rings.